The second-order valence-electron chi connectivity index (χ2n) is 5.74. The molecule has 3 rings (SSSR count). The summed E-state index contributed by atoms with van der Waals surface area (Å²) in [5, 5.41) is 6.46. The number of piperazine rings is 1. The number of anilines is 2. The summed E-state index contributed by atoms with van der Waals surface area (Å²) in [5.74, 6) is -0.333. The second kappa shape index (κ2) is 8.20. The lowest BCUT2D eigenvalue weighted by molar-refractivity contribution is -0.120. The molecule has 1 heterocycles. The Bertz CT molecular complexity index is 860. The first-order chi connectivity index (χ1) is 12.5. The van der Waals surface area contributed by atoms with Crippen molar-refractivity contribution in [2.45, 2.75) is 4.90 Å². The predicted octanol–water partition coefficient (Wildman–Crippen LogP) is 3.90. The van der Waals surface area contributed by atoms with Crippen molar-refractivity contribution < 1.29 is 9.59 Å². The SMILES string of the molecule is CSc1ccc(Cl)c(C(=O)Nc2ccc(N3CCNC(=O)C3)c(Cl)c2)c1. The highest BCUT2D eigenvalue weighted by molar-refractivity contribution is 7.98. The molecule has 5 nitrogen and oxygen atoms in total. The summed E-state index contributed by atoms with van der Waals surface area (Å²) < 4.78 is 0. The van der Waals surface area contributed by atoms with Gasteiger partial charge in [0.1, 0.15) is 0 Å². The summed E-state index contributed by atoms with van der Waals surface area (Å²) in [7, 11) is 0. The number of benzene rings is 2. The third-order valence-electron chi connectivity index (χ3n) is 4.00. The van der Waals surface area contributed by atoms with Crippen LogP contribution in [0.5, 0.6) is 0 Å². The number of halogens is 2. The van der Waals surface area contributed by atoms with Crippen LogP contribution in [0.25, 0.3) is 0 Å². The van der Waals surface area contributed by atoms with Crippen molar-refractivity contribution in [2.24, 2.45) is 0 Å². The average Bonchev–Trinajstić information content (AvgIpc) is 2.62. The molecule has 0 bridgehead atoms. The highest BCUT2D eigenvalue weighted by atomic mass is 35.5. The summed E-state index contributed by atoms with van der Waals surface area (Å²) in [4.78, 5) is 26.9. The van der Waals surface area contributed by atoms with Crippen LogP contribution in [0.3, 0.4) is 0 Å². The molecule has 136 valence electrons. The molecule has 2 aromatic rings. The molecule has 1 aliphatic heterocycles. The van der Waals surface area contributed by atoms with Crippen molar-refractivity contribution in [1.29, 1.82) is 0 Å². The van der Waals surface area contributed by atoms with Gasteiger partial charge in [-0.1, -0.05) is 23.2 Å². The molecule has 0 radical (unpaired) electrons. The Morgan fingerprint density at radius 2 is 2.00 bits per heavy atom. The Labute approximate surface area is 166 Å². The van der Waals surface area contributed by atoms with Crippen molar-refractivity contribution in [1.82, 2.24) is 5.32 Å². The van der Waals surface area contributed by atoms with Crippen molar-refractivity contribution in [2.75, 3.05) is 36.1 Å². The Balaban J connectivity index is 1.77. The largest absolute Gasteiger partial charge is 0.359 e. The zero-order chi connectivity index (χ0) is 18.7. The molecule has 2 aromatic carbocycles. The highest BCUT2D eigenvalue weighted by Gasteiger charge is 2.19. The molecule has 2 N–H and O–H groups in total. The molecule has 0 aliphatic carbocycles. The first kappa shape index (κ1) is 18.9. The number of rotatable bonds is 4. The van der Waals surface area contributed by atoms with E-state index in [1.807, 2.05) is 17.2 Å². The fourth-order valence-electron chi connectivity index (χ4n) is 2.69. The molecule has 1 saturated heterocycles. The van der Waals surface area contributed by atoms with Gasteiger partial charge in [-0.2, -0.15) is 0 Å². The Hall–Kier alpha value is -1.89. The molecule has 2 amide bonds. The smallest absolute Gasteiger partial charge is 0.257 e. The van der Waals surface area contributed by atoms with Crippen molar-refractivity contribution >= 4 is 58.2 Å². The molecule has 8 heteroatoms. The van der Waals surface area contributed by atoms with E-state index in [1.54, 1.807) is 30.3 Å². The lowest BCUT2D eigenvalue weighted by Crippen LogP contribution is -2.47. The third-order valence-corrected chi connectivity index (χ3v) is 5.36. The zero-order valence-electron chi connectivity index (χ0n) is 14.0. The van der Waals surface area contributed by atoms with E-state index in [4.69, 9.17) is 23.2 Å². The van der Waals surface area contributed by atoms with Gasteiger partial charge in [-0.25, -0.2) is 0 Å². The molecular formula is C18H17Cl2N3O2S. The van der Waals surface area contributed by atoms with E-state index in [0.717, 1.165) is 10.6 Å². The van der Waals surface area contributed by atoms with Crippen LogP contribution in [0.1, 0.15) is 10.4 Å². The fourth-order valence-corrected chi connectivity index (χ4v) is 3.63. The van der Waals surface area contributed by atoms with E-state index >= 15 is 0 Å². The van der Waals surface area contributed by atoms with E-state index < -0.39 is 0 Å². The van der Waals surface area contributed by atoms with Crippen LogP contribution in [0.15, 0.2) is 41.3 Å². The van der Waals surface area contributed by atoms with Crippen LogP contribution in [0, 0.1) is 0 Å². The number of nitrogens with one attached hydrogen (secondary N) is 2. The van der Waals surface area contributed by atoms with Crippen molar-refractivity contribution in [3.8, 4) is 0 Å². The van der Waals surface area contributed by atoms with Gasteiger partial charge in [0.25, 0.3) is 5.91 Å². The maximum Gasteiger partial charge on any atom is 0.257 e. The Morgan fingerprint density at radius 1 is 1.19 bits per heavy atom. The zero-order valence-corrected chi connectivity index (χ0v) is 16.3. The van der Waals surface area contributed by atoms with Gasteiger partial charge in [-0.05, 0) is 42.7 Å². The maximum absolute atomic E-state index is 12.5. The van der Waals surface area contributed by atoms with Gasteiger partial charge in [0.15, 0.2) is 0 Å². The number of thioether (sulfide) groups is 1. The Morgan fingerprint density at radius 3 is 2.69 bits per heavy atom. The van der Waals surface area contributed by atoms with Crippen molar-refractivity contribution in [3.05, 3.63) is 52.0 Å². The average molecular weight is 410 g/mol. The number of nitrogens with zero attached hydrogens (tertiary/aromatic N) is 1. The van der Waals surface area contributed by atoms with Gasteiger partial charge in [-0.15, -0.1) is 11.8 Å². The van der Waals surface area contributed by atoms with Crippen molar-refractivity contribution in [3.63, 3.8) is 0 Å². The van der Waals surface area contributed by atoms with Gasteiger partial charge in [0, 0.05) is 23.7 Å². The lowest BCUT2D eigenvalue weighted by Gasteiger charge is -2.29. The lowest BCUT2D eigenvalue weighted by atomic mass is 10.2. The summed E-state index contributed by atoms with van der Waals surface area (Å²) in [6, 6.07) is 10.6. The molecular weight excluding hydrogens is 393 g/mol. The molecule has 26 heavy (non-hydrogen) atoms. The molecule has 0 unspecified atom stereocenters. The van der Waals surface area contributed by atoms with Crippen LogP contribution in [-0.2, 0) is 4.79 Å². The van der Waals surface area contributed by atoms with Crippen LogP contribution in [0.4, 0.5) is 11.4 Å². The minimum Gasteiger partial charge on any atom is -0.359 e. The summed E-state index contributed by atoms with van der Waals surface area (Å²) in [6.07, 6.45) is 1.93. The second-order valence-corrected chi connectivity index (χ2v) is 7.43. The number of hydrogen-bond donors (Lipinski definition) is 2. The standard InChI is InChI=1S/C18H17Cl2N3O2S/c1-26-12-3-4-14(19)13(9-12)18(25)22-11-2-5-16(15(20)8-11)23-7-6-21-17(24)10-23/h2-5,8-9H,6-7,10H2,1H3,(H,21,24)(H,22,25). The van der Waals surface area contributed by atoms with Crippen LogP contribution >= 0.6 is 35.0 Å². The van der Waals surface area contributed by atoms with Gasteiger partial charge in [0.05, 0.1) is 27.8 Å². The van der Waals surface area contributed by atoms with E-state index in [1.165, 1.54) is 11.8 Å². The summed E-state index contributed by atoms with van der Waals surface area (Å²) in [5.41, 5.74) is 1.74. The molecule has 0 saturated carbocycles. The van der Waals surface area contributed by atoms with Gasteiger partial charge in [0.2, 0.25) is 5.91 Å². The van der Waals surface area contributed by atoms with Gasteiger partial charge < -0.3 is 15.5 Å². The minimum atomic E-state index is -0.299. The topological polar surface area (TPSA) is 61.4 Å². The van der Waals surface area contributed by atoms with E-state index in [0.29, 0.717) is 34.4 Å². The number of hydrogen-bond acceptors (Lipinski definition) is 4. The third kappa shape index (κ3) is 4.26. The first-order valence-electron chi connectivity index (χ1n) is 7.94. The fraction of sp³-hybridized carbons (Fsp3) is 0.222. The number of carbonyl (C=O) groups is 2. The van der Waals surface area contributed by atoms with E-state index in [-0.39, 0.29) is 18.4 Å². The van der Waals surface area contributed by atoms with E-state index in [9.17, 15) is 9.59 Å². The molecule has 0 spiro atoms. The Kier molecular flexibility index (Phi) is 5.96. The maximum atomic E-state index is 12.5. The quantitative estimate of drug-likeness (QED) is 0.751. The molecule has 1 fully saturated rings. The molecule has 0 aromatic heterocycles. The summed E-state index contributed by atoms with van der Waals surface area (Å²) in [6.45, 7) is 1.54. The summed E-state index contributed by atoms with van der Waals surface area (Å²) >= 11 is 14.0. The van der Waals surface area contributed by atoms with Crippen LogP contribution in [0.2, 0.25) is 10.0 Å². The van der Waals surface area contributed by atoms with Crippen LogP contribution < -0.4 is 15.5 Å². The monoisotopic (exact) mass is 409 g/mol. The number of carbonyl (C=O) groups excluding carboxylic acids is 2. The highest BCUT2D eigenvalue weighted by Crippen LogP contribution is 2.30. The molecule has 1 aliphatic rings. The van der Waals surface area contributed by atoms with Crippen LogP contribution in [-0.4, -0.2) is 37.7 Å². The predicted molar refractivity (Wildman–Crippen MR) is 108 cm³/mol. The first-order valence-corrected chi connectivity index (χ1v) is 9.92. The minimum absolute atomic E-state index is 0.0342. The van der Waals surface area contributed by atoms with E-state index in [2.05, 4.69) is 10.6 Å². The number of amides is 2. The normalized spacial score (nSPS) is 14.1. The van der Waals surface area contributed by atoms with Gasteiger partial charge in [-0.3, -0.25) is 9.59 Å². The van der Waals surface area contributed by atoms with Gasteiger partial charge >= 0.3 is 0 Å². The molecule has 0 atom stereocenters.